The molecule has 0 bridgehead atoms. The maximum absolute atomic E-state index is 12.4. The van der Waals surface area contributed by atoms with Crippen molar-refractivity contribution >= 4 is 17.2 Å². The second-order valence-electron chi connectivity index (χ2n) is 4.15. The fourth-order valence-corrected chi connectivity index (χ4v) is 2.95. The van der Waals surface area contributed by atoms with E-state index >= 15 is 0 Å². The lowest BCUT2D eigenvalue weighted by atomic mass is 10.2. The largest absolute Gasteiger partial charge is 0.394 e. The summed E-state index contributed by atoms with van der Waals surface area (Å²) in [5, 5.41) is 11.1. The minimum Gasteiger partial charge on any atom is -0.394 e. The van der Waals surface area contributed by atoms with Gasteiger partial charge in [0.1, 0.15) is 4.88 Å². The lowest BCUT2D eigenvalue weighted by Crippen LogP contribution is -2.37. The van der Waals surface area contributed by atoms with Gasteiger partial charge in [0.15, 0.2) is 0 Å². The molecule has 3 N–H and O–H groups in total. The van der Waals surface area contributed by atoms with E-state index in [1.807, 2.05) is 11.4 Å². The Labute approximate surface area is 110 Å². The Kier molecular flexibility index (Phi) is 4.37. The SMILES string of the molecule is NCC#Cc1ccsc1C(=O)N1CCCC1CO. The molecular formula is C13H16N2O2S. The molecule has 0 aliphatic carbocycles. The van der Waals surface area contributed by atoms with E-state index in [0.29, 0.717) is 11.4 Å². The number of aliphatic hydroxyl groups excluding tert-OH is 1. The van der Waals surface area contributed by atoms with Crippen molar-refractivity contribution in [1.29, 1.82) is 0 Å². The first-order chi connectivity index (χ1) is 8.77. The molecule has 18 heavy (non-hydrogen) atoms. The van der Waals surface area contributed by atoms with Crippen molar-refractivity contribution in [2.24, 2.45) is 5.73 Å². The summed E-state index contributed by atoms with van der Waals surface area (Å²) >= 11 is 1.39. The van der Waals surface area contributed by atoms with Crippen molar-refractivity contribution in [2.45, 2.75) is 18.9 Å². The van der Waals surface area contributed by atoms with E-state index in [1.54, 1.807) is 4.90 Å². The number of rotatable bonds is 2. The molecule has 1 unspecified atom stereocenters. The van der Waals surface area contributed by atoms with Gasteiger partial charge >= 0.3 is 0 Å². The number of nitrogens with zero attached hydrogens (tertiary/aromatic N) is 1. The first kappa shape index (κ1) is 13.1. The van der Waals surface area contributed by atoms with Crippen LogP contribution in [-0.2, 0) is 0 Å². The molecule has 0 radical (unpaired) electrons. The summed E-state index contributed by atoms with van der Waals surface area (Å²) in [5.74, 6) is 5.66. The molecule has 0 spiro atoms. The number of nitrogens with two attached hydrogens (primary N) is 1. The highest BCUT2D eigenvalue weighted by Crippen LogP contribution is 2.24. The Morgan fingerprint density at radius 3 is 3.22 bits per heavy atom. The van der Waals surface area contributed by atoms with E-state index in [2.05, 4.69) is 11.8 Å². The molecule has 1 aliphatic heterocycles. The summed E-state index contributed by atoms with van der Waals surface area (Å²) in [6.07, 6.45) is 1.82. The van der Waals surface area contributed by atoms with Crippen molar-refractivity contribution in [3.05, 3.63) is 21.9 Å². The smallest absolute Gasteiger partial charge is 0.265 e. The van der Waals surface area contributed by atoms with Crippen LogP contribution in [0.4, 0.5) is 0 Å². The Balaban J connectivity index is 2.21. The summed E-state index contributed by atoms with van der Waals surface area (Å²) in [6, 6.07) is 1.79. The van der Waals surface area contributed by atoms with Crippen LogP contribution in [0, 0.1) is 11.8 Å². The van der Waals surface area contributed by atoms with Crippen LogP contribution in [0.3, 0.4) is 0 Å². The number of carbonyl (C=O) groups excluding carboxylic acids is 1. The molecule has 2 rings (SSSR count). The van der Waals surface area contributed by atoms with Gasteiger partial charge in [-0.3, -0.25) is 4.79 Å². The number of thiophene rings is 1. The third-order valence-electron chi connectivity index (χ3n) is 3.03. The maximum atomic E-state index is 12.4. The highest BCUT2D eigenvalue weighted by molar-refractivity contribution is 7.12. The van der Waals surface area contributed by atoms with E-state index in [0.717, 1.165) is 18.4 Å². The second-order valence-corrected chi connectivity index (χ2v) is 5.06. The molecule has 1 aliphatic rings. The Morgan fingerprint density at radius 2 is 2.50 bits per heavy atom. The summed E-state index contributed by atoms with van der Waals surface area (Å²) in [6.45, 7) is 1.03. The minimum atomic E-state index is -0.0464. The van der Waals surface area contributed by atoms with E-state index in [9.17, 15) is 9.90 Å². The molecule has 1 saturated heterocycles. The molecule has 1 atom stereocenters. The quantitative estimate of drug-likeness (QED) is 0.771. The molecule has 0 aromatic carbocycles. The fourth-order valence-electron chi connectivity index (χ4n) is 2.14. The second kappa shape index (κ2) is 6.01. The van der Waals surface area contributed by atoms with Gasteiger partial charge in [0.2, 0.25) is 0 Å². The molecule has 4 nitrogen and oxygen atoms in total. The third-order valence-corrected chi connectivity index (χ3v) is 3.94. The third kappa shape index (κ3) is 2.56. The average molecular weight is 264 g/mol. The Morgan fingerprint density at radius 1 is 1.67 bits per heavy atom. The summed E-state index contributed by atoms with van der Waals surface area (Å²) in [4.78, 5) is 14.8. The van der Waals surface area contributed by atoms with Gasteiger partial charge in [0.25, 0.3) is 5.91 Å². The van der Waals surface area contributed by atoms with Crippen LogP contribution in [0.15, 0.2) is 11.4 Å². The predicted octanol–water partition coefficient (Wildman–Crippen LogP) is 0.655. The lowest BCUT2D eigenvalue weighted by Gasteiger charge is -2.22. The standard InChI is InChI=1S/C13H16N2O2S/c14-6-1-3-10-5-8-18-12(10)13(17)15-7-2-4-11(15)9-16/h5,8,11,16H,2,4,6-7,9,14H2. The Bertz CT molecular complexity index is 487. The van der Waals surface area contributed by atoms with Gasteiger partial charge in [-0.05, 0) is 24.3 Å². The van der Waals surface area contributed by atoms with E-state index < -0.39 is 0 Å². The van der Waals surface area contributed by atoms with Crippen LogP contribution in [-0.4, -0.2) is 41.7 Å². The zero-order valence-electron chi connectivity index (χ0n) is 10.1. The van der Waals surface area contributed by atoms with Gasteiger partial charge in [-0.1, -0.05) is 11.8 Å². The van der Waals surface area contributed by atoms with Crippen molar-refractivity contribution in [3.8, 4) is 11.8 Å². The van der Waals surface area contributed by atoms with Crippen LogP contribution < -0.4 is 5.73 Å². The molecule has 96 valence electrons. The molecule has 1 aromatic heterocycles. The summed E-state index contributed by atoms with van der Waals surface area (Å²) in [5.41, 5.74) is 6.07. The molecule has 5 heteroatoms. The van der Waals surface area contributed by atoms with Crippen molar-refractivity contribution in [3.63, 3.8) is 0 Å². The Hall–Kier alpha value is -1.35. The van der Waals surface area contributed by atoms with E-state index in [1.165, 1.54) is 11.3 Å². The number of hydrogen-bond donors (Lipinski definition) is 2. The number of hydrogen-bond acceptors (Lipinski definition) is 4. The first-order valence-corrected chi connectivity index (χ1v) is 6.84. The summed E-state index contributed by atoms with van der Waals surface area (Å²) in [7, 11) is 0. The number of amides is 1. The van der Waals surface area contributed by atoms with Gasteiger partial charge in [-0.15, -0.1) is 11.3 Å². The topological polar surface area (TPSA) is 66.6 Å². The maximum Gasteiger partial charge on any atom is 0.265 e. The molecule has 1 amide bonds. The van der Waals surface area contributed by atoms with E-state index in [4.69, 9.17) is 5.73 Å². The highest BCUT2D eigenvalue weighted by Gasteiger charge is 2.30. The molecule has 1 aromatic rings. The number of likely N-dealkylation sites (tertiary alicyclic amines) is 1. The number of carbonyl (C=O) groups is 1. The number of aliphatic hydroxyl groups is 1. The molecule has 0 saturated carbocycles. The molecule has 2 heterocycles. The van der Waals surface area contributed by atoms with Crippen LogP contribution in [0.25, 0.3) is 0 Å². The van der Waals surface area contributed by atoms with Gasteiger partial charge in [0.05, 0.1) is 19.2 Å². The van der Waals surface area contributed by atoms with Crippen LogP contribution in [0.1, 0.15) is 28.1 Å². The monoisotopic (exact) mass is 264 g/mol. The highest BCUT2D eigenvalue weighted by atomic mass is 32.1. The lowest BCUT2D eigenvalue weighted by molar-refractivity contribution is 0.0682. The van der Waals surface area contributed by atoms with Gasteiger partial charge in [-0.2, -0.15) is 0 Å². The fraction of sp³-hybridized carbons (Fsp3) is 0.462. The van der Waals surface area contributed by atoms with Gasteiger partial charge in [-0.25, -0.2) is 0 Å². The zero-order chi connectivity index (χ0) is 13.0. The van der Waals surface area contributed by atoms with E-state index in [-0.39, 0.29) is 25.1 Å². The molecule has 1 fully saturated rings. The minimum absolute atomic E-state index is 0.0251. The van der Waals surface area contributed by atoms with Crippen molar-refractivity contribution in [2.75, 3.05) is 19.7 Å². The van der Waals surface area contributed by atoms with Crippen molar-refractivity contribution < 1.29 is 9.90 Å². The average Bonchev–Trinajstić information content (AvgIpc) is 3.03. The van der Waals surface area contributed by atoms with Crippen LogP contribution in [0.5, 0.6) is 0 Å². The van der Waals surface area contributed by atoms with Gasteiger partial charge in [0, 0.05) is 12.1 Å². The normalized spacial score (nSPS) is 18.6. The first-order valence-electron chi connectivity index (χ1n) is 5.96. The van der Waals surface area contributed by atoms with Crippen LogP contribution in [0.2, 0.25) is 0 Å². The summed E-state index contributed by atoms with van der Waals surface area (Å²) < 4.78 is 0. The zero-order valence-corrected chi connectivity index (χ0v) is 10.9. The van der Waals surface area contributed by atoms with Crippen molar-refractivity contribution in [1.82, 2.24) is 4.90 Å². The van der Waals surface area contributed by atoms with Gasteiger partial charge < -0.3 is 15.7 Å². The predicted molar refractivity (Wildman–Crippen MR) is 71.4 cm³/mol. The van der Waals surface area contributed by atoms with Crippen LogP contribution >= 0.6 is 11.3 Å². The molecular weight excluding hydrogens is 248 g/mol.